The van der Waals surface area contributed by atoms with E-state index in [1.807, 2.05) is 18.2 Å². The Kier molecular flexibility index (Phi) is 1.45. The van der Waals surface area contributed by atoms with Crippen LogP contribution in [-0.2, 0) is 5.41 Å². The maximum Gasteiger partial charge on any atom is 0.231 e. The minimum atomic E-state index is -2.05. The van der Waals surface area contributed by atoms with Gasteiger partial charge in [0.25, 0.3) is 0 Å². The fourth-order valence-corrected chi connectivity index (χ4v) is 3.41. The Labute approximate surface area is 106 Å². The predicted molar refractivity (Wildman–Crippen MR) is 67.5 cm³/mol. The third-order valence-electron chi connectivity index (χ3n) is 5.82. The highest BCUT2D eigenvalue weighted by molar-refractivity contribution is 5.51. The van der Waals surface area contributed by atoms with Gasteiger partial charge in [-0.05, 0) is 28.5 Å². The average Bonchev–Trinajstić information content (AvgIpc) is 2.57. The molecule has 92 valence electrons. The van der Waals surface area contributed by atoms with Crippen molar-refractivity contribution in [1.29, 1.82) is 0 Å². The molecule has 1 aromatic rings. The second-order valence-electron chi connectivity index (χ2n) is 6.32. The molecule has 0 unspecified atom stereocenters. The van der Waals surface area contributed by atoms with Crippen LogP contribution in [0.3, 0.4) is 0 Å². The first kappa shape index (κ1) is 8.84. The minimum Gasteiger partial charge on any atom is -0.454 e. The molecule has 0 N–H and O–H groups in total. The highest BCUT2D eigenvalue weighted by Gasteiger charge is 2.74. The summed E-state index contributed by atoms with van der Waals surface area (Å²) in [6.07, 6.45) is 0. The Morgan fingerprint density at radius 3 is 2.18 bits per heavy atom. The van der Waals surface area contributed by atoms with E-state index in [-0.39, 0.29) is 16.2 Å². The summed E-state index contributed by atoms with van der Waals surface area (Å²) in [7, 11) is 0. The molecule has 1 saturated carbocycles. The van der Waals surface area contributed by atoms with Crippen LogP contribution >= 0.6 is 0 Å². The first-order valence-electron chi connectivity index (χ1n) is 7.05. The quantitative estimate of drug-likeness (QED) is 0.737. The molecule has 0 amide bonds. The van der Waals surface area contributed by atoms with Crippen LogP contribution in [-0.4, -0.2) is 6.75 Å². The number of hydrogen-bond donors (Lipinski definition) is 0. The SMILES string of the molecule is [2H]C1([2H])Oc2ccc(C3(C)C(C)(C)C3(C)C)cc2O1. The van der Waals surface area contributed by atoms with E-state index in [4.69, 9.17) is 12.2 Å². The predicted octanol–water partition coefficient (Wildman–Crippen LogP) is 3.74. The van der Waals surface area contributed by atoms with E-state index in [2.05, 4.69) is 34.6 Å². The summed E-state index contributed by atoms with van der Waals surface area (Å²) in [6, 6.07) is 5.77. The van der Waals surface area contributed by atoms with Crippen molar-refractivity contribution in [1.82, 2.24) is 0 Å². The topological polar surface area (TPSA) is 18.5 Å². The molecule has 0 bridgehead atoms. The van der Waals surface area contributed by atoms with Gasteiger partial charge in [0.1, 0.15) is 2.74 Å². The Morgan fingerprint density at radius 1 is 1.00 bits per heavy atom. The first-order valence-corrected chi connectivity index (χ1v) is 6.05. The highest BCUT2D eigenvalue weighted by atomic mass is 16.7. The van der Waals surface area contributed by atoms with Gasteiger partial charge in [-0.25, -0.2) is 0 Å². The van der Waals surface area contributed by atoms with Gasteiger partial charge in [-0.3, -0.25) is 0 Å². The van der Waals surface area contributed by atoms with Crippen molar-refractivity contribution in [3.05, 3.63) is 23.8 Å². The fourth-order valence-electron chi connectivity index (χ4n) is 3.41. The molecule has 3 rings (SSSR count). The Morgan fingerprint density at radius 2 is 1.59 bits per heavy atom. The first-order chi connectivity index (χ1) is 8.53. The lowest BCUT2D eigenvalue weighted by Gasteiger charge is -2.16. The Balaban J connectivity index is 2.03. The molecule has 1 aliphatic carbocycles. The van der Waals surface area contributed by atoms with Crippen molar-refractivity contribution in [3.63, 3.8) is 0 Å². The van der Waals surface area contributed by atoms with Crippen molar-refractivity contribution >= 4 is 0 Å². The maximum absolute atomic E-state index is 7.49. The molecule has 1 fully saturated rings. The highest BCUT2D eigenvalue weighted by Crippen LogP contribution is 2.77. The molecule has 17 heavy (non-hydrogen) atoms. The number of hydrogen-bond acceptors (Lipinski definition) is 2. The third kappa shape index (κ3) is 1.02. The summed E-state index contributed by atoms with van der Waals surface area (Å²) in [4.78, 5) is 0. The molecule has 1 aliphatic heterocycles. The van der Waals surface area contributed by atoms with Crippen LogP contribution in [0.25, 0.3) is 0 Å². The third-order valence-corrected chi connectivity index (χ3v) is 5.82. The zero-order valence-corrected chi connectivity index (χ0v) is 11.0. The van der Waals surface area contributed by atoms with Crippen LogP contribution in [0, 0.1) is 10.8 Å². The van der Waals surface area contributed by atoms with E-state index in [0.29, 0.717) is 11.5 Å². The monoisotopic (exact) mass is 234 g/mol. The molecule has 2 aliphatic rings. The largest absolute Gasteiger partial charge is 0.454 e. The van der Waals surface area contributed by atoms with Gasteiger partial charge in [-0.15, -0.1) is 0 Å². The standard InChI is InChI=1S/C15H20O2/c1-13(2)14(3,4)15(13,5)10-6-7-11-12(8-10)17-9-16-11/h6-8H,9H2,1-5H3/i9D2. The van der Waals surface area contributed by atoms with Crippen LogP contribution in [0.4, 0.5) is 0 Å². The van der Waals surface area contributed by atoms with E-state index in [1.165, 1.54) is 5.56 Å². The Bertz CT molecular complexity index is 547. The van der Waals surface area contributed by atoms with E-state index < -0.39 is 6.75 Å². The van der Waals surface area contributed by atoms with Crippen molar-refractivity contribution in [3.8, 4) is 11.5 Å². The molecule has 0 radical (unpaired) electrons. The smallest absolute Gasteiger partial charge is 0.231 e. The zero-order chi connectivity index (χ0) is 14.3. The molecule has 1 aromatic carbocycles. The summed E-state index contributed by atoms with van der Waals surface area (Å²) in [5.74, 6) is 0.982. The molecule has 2 heteroatoms. The van der Waals surface area contributed by atoms with Crippen LogP contribution in [0.5, 0.6) is 11.5 Å². The number of rotatable bonds is 1. The fraction of sp³-hybridized carbons (Fsp3) is 0.600. The lowest BCUT2D eigenvalue weighted by atomic mass is 9.88. The summed E-state index contributed by atoms with van der Waals surface area (Å²) >= 11 is 0. The average molecular weight is 234 g/mol. The minimum absolute atomic E-state index is 0.0632. The van der Waals surface area contributed by atoms with Gasteiger partial charge in [0.2, 0.25) is 6.75 Å². The van der Waals surface area contributed by atoms with Crippen molar-refractivity contribution in [2.45, 2.75) is 40.0 Å². The van der Waals surface area contributed by atoms with Gasteiger partial charge in [-0.2, -0.15) is 0 Å². The van der Waals surface area contributed by atoms with E-state index in [0.717, 1.165) is 0 Å². The summed E-state index contributed by atoms with van der Waals surface area (Å²) in [5, 5.41) is 0. The van der Waals surface area contributed by atoms with Crippen molar-refractivity contribution in [2.75, 3.05) is 6.75 Å². The van der Waals surface area contributed by atoms with Gasteiger partial charge >= 0.3 is 0 Å². The maximum atomic E-state index is 7.49. The molecule has 0 atom stereocenters. The van der Waals surface area contributed by atoms with Crippen LogP contribution in [0.15, 0.2) is 18.2 Å². The van der Waals surface area contributed by atoms with Gasteiger partial charge < -0.3 is 9.47 Å². The van der Waals surface area contributed by atoms with Crippen LogP contribution in [0.1, 0.15) is 42.9 Å². The van der Waals surface area contributed by atoms with Gasteiger partial charge in [0, 0.05) is 5.41 Å². The molecule has 0 aromatic heterocycles. The van der Waals surface area contributed by atoms with Gasteiger partial charge in [0.15, 0.2) is 11.5 Å². The summed E-state index contributed by atoms with van der Waals surface area (Å²) in [6.45, 7) is 9.32. The number of benzene rings is 1. The van der Waals surface area contributed by atoms with E-state index in [9.17, 15) is 0 Å². The van der Waals surface area contributed by atoms with Crippen molar-refractivity contribution in [2.24, 2.45) is 10.8 Å². The zero-order valence-electron chi connectivity index (χ0n) is 13.0. The molecule has 1 heterocycles. The lowest BCUT2D eigenvalue weighted by Crippen LogP contribution is -2.11. The summed E-state index contributed by atoms with van der Waals surface area (Å²) in [5.41, 5.74) is 1.65. The van der Waals surface area contributed by atoms with Gasteiger partial charge in [-0.1, -0.05) is 40.7 Å². The van der Waals surface area contributed by atoms with Crippen LogP contribution < -0.4 is 9.47 Å². The second-order valence-corrected chi connectivity index (χ2v) is 6.32. The Hall–Kier alpha value is -1.18. The van der Waals surface area contributed by atoms with Gasteiger partial charge in [0.05, 0.1) is 0 Å². The molecular weight excluding hydrogens is 212 g/mol. The lowest BCUT2D eigenvalue weighted by molar-refractivity contribution is 0.174. The summed E-state index contributed by atoms with van der Waals surface area (Å²) < 4.78 is 25.3. The molecular formula is C15H20O2. The molecule has 0 spiro atoms. The van der Waals surface area contributed by atoms with E-state index in [1.54, 1.807) is 0 Å². The molecule has 0 saturated heterocycles. The number of ether oxygens (including phenoxy) is 2. The normalized spacial score (nSPS) is 30.4. The molecule has 2 nitrogen and oxygen atoms in total. The van der Waals surface area contributed by atoms with Crippen molar-refractivity contribution < 1.29 is 12.2 Å². The number of fused-ring (bicyclic) bond motifs is 1. The van der Waals surface area contributed by atoms with E-state index >= 15 is 0 Å². The van der Waals surface area contributed by atoms with Crippen LogP contribution in [0.2, 0.25) is 0 Å². The second kappa shape index (κ2) is 2.80.